The monoisotopic (exact) mass is 213 g/mol. The Bertz CT molecular complexity index is 269. The van der Waals surface area contributed by atoms with E-state index in [2.05, 4.69) is 11.8 Å². The Kier molecular flexibility index (Phi) is 2.83. The second kappa shape index (κ2) is 3.85. The molecule has 0 aromatic rings. The second-order valence-electron chi connectivity index (χ2n) is 4.81. The van der Waals surface area contributed by atoms with Gasteiger partial charge in [-0.25, -0.2) is 0 Å². The van der Waals surface area contributed by atoms with Gasteiger partial charge >= 0.3 is 0 Å². The SMILES string of the molecule is COC[C@]1(CO)C(=O)[C@@H]2CCN1CC2C. The maximum atomic E-state index is 12.3. The van der Waals surface area contributed by atoms with E-state index >= 15 is 0 Å². The molecule has 1 N–H and O–H groups in total. The van der Waals surface area contributed by atoms with Crippen LogP contribution >= 0.6 is 0 Å². The van der Waals surface area contributed by atoms with Gasteiger partial charge < -0.3 is 9.84 Å². The summed E-state index contributed by atoms with van der Waals surface area (Å²) in [6.07, 6.45) is 0.936. The molecule has 0 aromatic carbocycles. The van der Waals surface area contributed by atoms with E-state index in [0.29, 0.717) is 12.5 Å². The fraction of sp³-hybridized carbons (Fsp3) is 0.909. The number of methoxy groups -OCH3 is 1. The molecule has 4 nitrogen and oxygen atoms in total. The van der Waals surface area contributed by atoms with Gasteiger partial charge in [-0.05, 0) is 18.9 Å². The number of nitrogens with zero attached hydrogens (tertiary/aromatic N) is 1. The van der Waals surface area contributed by atoms with E-state index in [9.17, 15) is 9.90 Å². The van der Waals surface area contributed by atoms with Gasteiger partial charge in [0.2, 0.25) is 0 Å². The fourth-order valence-electron chi connectivity index (χ4n) is 3.05. The van der Waals surface area contributed by atoms with Gasteiger partial charge in [0.1, 0.15) is 5.54 Å². The smallest absolute Gasteiger partial charge is 0.161 e. The number of carbonyl (C=O) groups is 1. The van der Waals surface area contributed by atoms with Crippen molar-refractivity contribution >= 4 is 5.78 Å². The number of fused-ring (bicyclic) bond motifs is 3. The van der Waals surface area contributed by atoms with Crippen molar-refractivity contribution in [1.82, 2.24) is 4.90 Å². The molecule has 0 amide bonds. The van der Waals surface area contributed by atoms with E-state index < -0.39 is 5.54 Å². The standard InChI is InChI=1S/C11H19NO3/c1-8-5-12-4-3-9(8)10(14)11(12,6-13)7-15-2/h8-9,13H,3-7H2,1-2H3/t8?,9-,11-/m1/s1. The Balaban J connectivity index is 2.29. The van der Waals surface area contributed by atoms with Gasteiger partial charge in [0.05, 0.1) is 13.2 Å². The average Bonchev–Trinajstić information content (AvgIpc) is 2.23. The average molecular weight is 213 g/mol. The third-order valence-corrected chi connectivity index (χ3v) is 3.95. The van der Waals surface area contributed by atoms with Crippen molar-refractivity contribution in [3.05, 3.63) is 0 Å². The van der Waals surface area contributed by atoms with E-state index in [1.165, 1.54) is 0 Å². The molecule has 4 heteroatoms. The molecule has 0 aliphatic carbocycles. The highest BCUT2D eigenvalue weighted by Gasteiger charge is 2.55. The summed E-state index contributed by atoms with van der Waals surface area (Å²) in [6, 6.07) is 0. The molecule has 3 saturated heterocycles. The number of aliphatic hydroxyl groups is 1. The molecular weight excluding hydrogens is 194 g/mol. The van der Waals surface area contributed by atoms with Crippen LogP contribution in [0.4, 0.5) is 0 Å². The number of hydrogen-bond donors (Lipinski definition) is 1. The Labute approximate surface area is 90.2 Å². The van der Waals surface area contributed by atoms with Gasteiger partial charge in [-0.3, -0.25) is 9.69 Å². The number of aliphatic hydroxyl groups excluding tert-OH is 1. The molecule has 0 saturated carbocycles. The molecule has 3 aliphatic heterocycles. The Morgan fingerprint density at radius 1 is 1.67 bits per heavy atom. The van der Waals surface area contributed by atoms with Crippen molar-refractivity contribution in [2.24, 2.45) is 11.8 Å². The summed E-state index contributed by atoms with van der Waals surface area (Å²) in [4.78, 5) is 14.4. The highest BCUT2D eigenvalue weighted by Crippen LogP contribution is 2.39. The van der Waals surface area contributed by atoms with Crippen LogP contribution in [-0.2, 0) is 9.53 Å². The predicted octanol–water partition coefficient (Wildman–Crippen LogP) is -0.0954. The first-order valence-electron chi connectivity index (χ1n) is 5.55. The maximum Gasteiger partial charge on any atom is 0.161 e. The minimum Gasteiger partial charge on any atom is -0.394 e. The number of carbonyl (C=O) groups excluding carboxylic acids is 1. The molecule has 3 heterocycles. The Morgan fingerprint density at radius 2 is 2.40 bits per heavy atom. The molecule has 2 bridgehead atoms. The molecule has 2 unspecified atom stereocenters. The zero-order chi connectivity index (χ0) is 11.1. The van der Waals surface area contributed by atoms with Crippen LogP contribution in [0.1, 0.15) is 13.3 Å². The minimum absolute atomic E-state index is 0.122. The van der Waals surface area contributed by atoms with Crippen molar-refractivity contribution in [2.45, 2.75) is 18.9 Å². The lowest BCUT2D eigenvalue weighted by atomic mass is 9.69. The van der Waals surface area contributed by atoms with Crippen LogP contribution < -0.4 is 0 Å². The van der Waals surface area contributed by atoms with Crippen LogP contribution in [0, 0.1) is 11.8 Å². The first-order valence-corrected chi connectivity index (χ1v) is 5.55. The third-order valence-electron chi connectivity index (χ3n) is 3.95. The summed E-state index contributed by atoms with van der Waals surface area (Å²) in [5.74, 6) is 0.719. The second-order valence-corrected chi connectivity index (χ2v) is 4.81. The third kappa shape index (κ3) is 1.43. The number of ketones is 1. The number of ether oxygens (including phenoxy) is 1. The summed E-state index contributed by atoms with van der Waals surface area (Å²) in [5.41, 5.74) is -0.746. The molecule has 0 spiro atoms. The maximum absolute atomic E-state index is 12.3. The van der Waals surface area contributed by atoms with Crippen LogP contribution in [0.3, 0.4) is 0 Å². The summed E-state index contributed by atoms with van der Waals surface area (Å²) >= 11 is 0. The van der Waals surface area contributed by atoms with Crippen molar-refractivity contribution in [2.75, 3.05) is 33.4 Å². The lowest BCUT2D eigenvalue weighted by Crippen LogP contribution is -2.71. The zero-order valence-electron chi connectivity index (χ0n) is 9.40. The molecule has 0 radical (unpaired) electrons. The number of piperidine rings is 3. The number of Topliss-reactive ketones (excluding diaryl/α,β-unsaturated/α-hetero) is 1. The molecule has 0 aromatic heterocycles. The first-order chi connectivity index (χ1) is 7.15. The predicted molar refractivity (Wildman–Crippen MR) is 55.5 cm³/mol. The number of rotatable bonds is 3. The van der Waals surface area contributed by atoms with Crippen LogP contribution in [0.15, 0.2) is 0 Å². The Morgan fingerprint density at radius 3 is 2.87 bits per heavy atom. The van der Waals surface area contributed by atoms with E-state index in [1.54, 1.807) is 7.11 Å². The molecule has 86 valence electrons. The summed E-state index contributed by atoms with van der Waals surface area (Å²) in [5, 5.41) is 9.51. The van der Waals surface area contributed by atoms with Gasteiger partial charge in [-0.15, -0.1) is 0 Å². The van der Waals surface area contributed by atoms with Crippen molar-refractivity contribution in [1.29, 1.82) is 0 Å². The molecule has 15 heavy (non-hydrogen) atoms. The van der Waals surface area contributed by atoms with Crippen LogP contribution in [0.2, 0.25) is 0 Å². The van der Waals surface area contributed by atoms with Crippen molar-refractivity contribution in [3.8, 4) is 0 Å². The quantitative estimate of drug-likeness (QED) is 0.711. The van der Waals surface area contributed by atoms with Gasteiger partial charge in [0.15, 0.2) is 5.78 Å². The summed E-state index contributed by atoms with van der Waals surface area (Å²) in [6.45, 7) is 4.11. The van der Waals surface area contributed by atoms with Crippen molar-refractivity contribution in [3.63, 3.8) is 0 Å². The molecular formula is C11H19NO3. The van der Waals surface area contributed by atoms with E-state index in [0.717, 1.165) is 19.5 Å². The molecule has 3 rings (SSSR count). The molecule has 4 atom stereocenters. The van der Waals surface area contributed by atoms with Crippen LogP contribution in [0.25, 0.3) is 0 Å². The largest absolute Gasteiger partial charge is 0.394 e. The van der Waals surface area contributed by atoms with E-state index in [4.69, 9.17) is 4.74 Å². The number of hydrogen-bond acceptors (Lipinski definition) is 4. The topological polar surface area (TPSA) is 49.8 Å². The summed E-state index contributed by atoms with van der Waals surface area (Å²) < 4.78 is 5.11. The van der Waals surface area contributed by atoms with E-state index in [1.807, 2.05) is 0 Å². The van der Waals surface area contributed by atoms with E-state index in [-0.39, 0.29) is 18.3 Å². The van der Waals surface area contributed by atoms with Gasteiger partial charge in [-0.2, -0.15) is 0 Å². The normalized spacial score (nSPS) is 44.7. The zero-order valence-corrected chi connectivity index (χ0v) is 9.40. The lowest BCUT2D eigenvalue weighted by molar-refractivity contribution is -0.163. The minimum atomic E-state index is -0.746. The fourth-order valence-corrected chi connectivity index (χ4v) is 3.05. The molecule has 3 fully saturated rings. The highest BCUT2D eigenvalue weighted by molar-refractivity contribution is 5.92. The Hall–Kier alpha value is -0.450. The summed E-state index contributed by atoms with van der Waals surface area (Å²) in [7, 11) is 1.58. The van der Waals surface area contributed by atoms with Crippen LogP contribution in [0.5, 0.6) is 0 Å². The lowest BCUT2D eigenvalue weighted by Gasteiger charge is -2.54. The van der Waals surface area contributed by atoms with Gasteiger partial charge in [0, 0.05) is 19.6 Å². The van der Waals surface area contributed by atoms with Gasteiger partial charge in [0.25, 0.3) is 0 Å². The molecule has 3 aliphatic rings. The van der Waals surface area contributed by atoms with Crippen LogP contribution in [-0.4, -0.2) is 54.7 Å². The van der Waals surface area contributed by atoms with Crippen molar-refractivity contribution < 1.29 is 14.6 Å². The highest BCUT2D eigenvalue weighted by atomic mass is 16.5. The first kappa shape index (κ1) is 11.0. The van der Waals surface area contributed by atoms with Gasteiger partial charge in [-0.1, -0.05) is 6.92 Å².